The van der Waals surface area contributed by atoms with Crippen LogP contribution in [0.3, 0.4) is 0 Å². The van der Waals surface area contributed by atoms with E-state index in [9.17, 15) is 0 Å². The van der Waals surface area contributed by atoms with Crippen molar-refractivity contribution in [2.45, 2.75) is 24.9 Å². The summed E-state index contributed by atoms with van der Waals surface area (Å²) >= 11 is 5.92. The molecule has 0 saturated heterocycles. The van der Waals surface area contributed by atoms with Crippen LogP contribution >= 0.6 is 11.6 Å². The van der Waals surface area contributed by atoms with E-state index in [-0.39, 0.29) is 10.9 Å². The average molecular weight is 295 g/mol. The number of aromatic nitrogens is 5. The highest BCUT2D eigenvalue weighted by molar-refractivity contribution is 6.28. The van der Waals surface area contributed by atoms with E-state index in [1.54, 1.807) is 25.6 Å². The molecule has 1 aliphatic carbocycles. The maximum absolute atomic E-state index is 5.92. The third-order valence-corrected chi connectivity index (χ3v) is 3.74. The highest BCUT2D eigenvalue weighted by Crippen LogP contribution is 2.34. The summed E-state index contributed by atoms with van der Waals surface area (Å²) < 4.78 is 7.08. The predicted molar refractivity (Wildman–Crippen MR) is 74.0 cm³/mol. The second kappa shape index (κ2) is 5.34. The molecule has 2 heterocycles. The number of nitrogens with one attached hydrogen (secondary N) is 1. The third kappa shape index (κ3) is 2.59. The van der Waals surface area contributed by atoms with Crippen molar-refractivity contribution in [2.24, 2.45) is 0 Å². The van der Waals surface area contributed by atoms with Crippen LogP contribution in [0.5, 0.6) is 0 Å². The van der Waals surface area contributed by atoms with Gasteiger partial charge in [-0.25, -0.2) is 4.68 Å². The minimum atomic E-state index is -0.106. The molecule has 1 saturated carbocycles. The zero-order valence-electron chi connectivity index (χ0n) is 11.1. The third-order valence-electron chi connectivity index (χ3n) is 3.57. The van der Waals surface area contributed by atoms with E-state index in [1.165, 1.54) is 11.1 Å². The van der Waals surface area contributed by atoms with Crippen molar-refractivity contribution in [3.8, 4) is 5.95 Å². The molecular formula is C12H15ClN6O. The number of hydrogen-bond acceptors (Lipinski definition) is 6. The van der Waals surface area contributed by atoms with Gasteiger partial charge in [0.2, 0.25) is 11.2 Å². The first-order valence-corrected chi connectivity index (χ1v) is 6.79. The van der Waals surface area contributed by atoms with Gasteiger partial charge in [-0.15, -0.1) is 0 Å². The summed E-state index contributed by atoms with van der Waals surface area (Å²) in [6, 6.07) is 1.79. The monoisotopic (exact) mass is 294 g/mol. The fourth-order valence-electron chi connectivity index (χ4n) is 2.17. The lowest BCUT2D eigenvalue weighted by Gasteiger charge is -2.40. The second-order valence-electron chi connectivity index (χ2n) is 4.77. The molecule has 1 fully saturated rings. The molecule has 20 heavy (non-hydrogen) atoms. The molecule has 3 rings (SSSR count). The fraction of sp³-hybridized carbons (Fsp3) is 0.500. The van der Waals surface area contributed by atoms with Gasteiger partial charge in [-0.2, -0.15) is 20.1 Å². The summed E-state index contributed by atoms with van der Waals surface area (Å²) in [6.07, 6.45) is 6.67. The lowest BCUT2D eigenvalue weighted by Crippen LogP contribution is -2.45. The fourth-order valence-corrected chi connectivity index (χ4v) is 2.33. The highest BCUT2D eigenvalue weighted by atomic mass is 35.5. The van der Waals surface area contributed by atoms with E-state index in [0.717, 1.165) is 12.8 Å². The average Bonchev–Trinajstić information content (AvgIpc) is 2.91. The van der Waals surface area contributed by atoms with Crippen LogP contribution in [0.25, 0.3) is 5.95 Å². The van der Waals surface area contributed by atoms with Gasteiger partial charge in [0.15, 0.2) is 0 Å². The van der Waals surface area contributed by atoms with Gasteiger partial charge >= 0.3 is 0 Å². The Kier molecular flexibility index (Phi) is 3.54. The largest absolute Gasteiger partial charge is 0.376 e. The molecule has 1 aliphatic rings. The zero-order valence-corrected chi connectivity index (χ0v) is 11.8. The first-order chi connectivity index (χ1) is 9.71. The van der Waals surface area contributed by atoms with Crippen LogP contribution in [0.2, 0.25) is 5.28 Å². The van der Waals surface area contributed by atoms with E-state index in [4.69, 9.17) is 16.3 Å². The number of anilines is 1. The van der Waals surface area contributed by atoms with E-state index in [1.807, 2.05) is 0 Å². The van der Waals surface area contributed by atoms with Crippen LogP contribution < -0.4 is 5.32 Å². The van der Waals surface area contributed by atoms with Crippen molar-refractivity contribution in [1.82, 2.24) is 24.7 Å². The molecule has 8 heteroatoms. The van der Waals surface area contributed by atoms with Gasteiger partial charge < -0.3 is 10.1 Å². The van der Waals surface area contributed by atoms with E-state index in [0.29, 0.717) is 18.4 Å². The Hall–Kier alpha value is -1.73. The Morgan fingerprint density at radius 3 is 2.85 bits per heavy atom. The van der Waals surface area contributed by atoms with Crippen LogP contribution in [0.4, 0.5) is 5.95 Å². The minimum absolute atomic E-state index is 0.106. The SMILES string of the molecule is COC1(CNc2nc(Cl)nc(-n3cccn3)n2)CCC1. The first kappa shape index (κ1) is 13.3. The van der Waals surface area contributed by atoms with Crippen molar-refractivity contribution >= 4 is 17.5 Å². The van der Waals surface area contributed by atoms with Crippen LogP contribution in [-0.4, -0.2) is 44.0 Å². The topological polar surface area (TPSA) is 77.8 Å². The number of nitrogens with zero attached hydrogens (tertiary/aromatic N) is 5. The Morgan fingerprint density at radius 2 is 2.25 bits per heavy atom. The molecule has 2 aromatic heterocycles. The normalized spacial score (nSPS) is 16.7. The zero-order chi connectivity index (χ0) is 14.0. The first-order valence-electron chi connectivity index (χ1n) is 6.41. The van der Waals surface area contributed by atoms with Crippen molar-refractivity contribution in [3.63, 3.8) is 0 Å². The molecule has 2 aromatic rings. The number of ether oxygens (including phenoxy) is 1. The molecule has 0 spiro atoms. The standard InChI is InChI=1S/C12H15ClN6O/c1-20-12(4-2-5-12)8-14-10-16-9(13)17-11(18-10)19-7-3-6-15-19/h3,6-7H,2,4-5,8H2,1H3,(H,14,16,17,18). The van der Waals surface area contributed by atoms with Crippen molar-refractivity contribution in [2.75, 3.05) is 19.0 Å². The van der Waals surface area contributed by atoms with Gasteiger partial charge in [0.25, 0.3) is 5.95 Å². The minimum Gasteiger partial charge on any atom is -0.376 e. The Labute approximate surface area is 121 Å². The molecule has 0 bridgehead atoms. The molecular weight excluding hydrogens is 280 g/mol. The van der Waals surface area contributed by atoms with Crippen LogP contribution in [-0.2, 0) is 4.74 Å². The van der Waals surface area contributed by atoms with Crippen LogP contribution in [0.1, 0.15) is 19.3 Å². The number of methoxy groups -OCH3 is 1. The Balaban J connectivity index is 1.76. The lowest BCUT2D eigenvalue weighted by molar-refractivity contribution is -0.0602. The highest BCUT2D eigenvalue weighted by Gasteiger charge is 2.36. The molecule has 0 aliphatic heterocycles. The van der Waals surface area contributed by atoms with Crippen LogP contribution in [0.15, 0.2) is 18.5 Å². The maximum atomic E-state index is 5.92. The summed E-state index contributed by atoms with van der Waals surface area (Å²) in [5, 5.41) is 7.38. The van der Waals surface area contributed by atoms with E-state index in [2.05, 4.69) is 25.4 Å². The van der Waals surface area contributed by atoms with Crippen LogP contribution in [0, 0.1) is 0 Å². The Bertz CT molecular complexity index is 578. The van der Waals surface area contributed by atoms with Gasteiger partial charge in [0.05, 0.1) is 5.60 Å². The maximum Gasteiger partial charge on any atom is 0.256 e. The lowest BCUT2D eigenvalue weighted by atomic mass is 9.80. The second-order valence-corrected chi connectivity index (χ2v) is 5.11. The number of halogens is 1. The summed E-state index contributed by atoms with van der Waals surface area (Å²) in [5.41, 5.74) is -0.106. The van der Waals surface area contributed by atoms with Gasteiger partial charge in [-0.05, 0) is 36.9 Å². The van der Waals surface area contributed by atoms with E-state index >= 15 is 0 Å². The van der Waals surface area contributed by atoms with Gasteiger partial charge in [0.1, 0.15) is 0 Å². The van der Waals surface area contributed by atoms with Gasteiger partial charge in [-0.1, -0.05) is 0 Å². The molecule has 0 atom stereocenters. The summed E-state index contributed by atoms with van der Waals surface area (Å²) in [6.45, 7) is 0.655. The molecule has 1 N–H and O–H groups in total. The Morgan fingerprint density at radius 1 is 1.40 bits per heavy atom. The quantitative estimate of drug-likeness (QED) is 0.904. The number of hydrogen-bond donors (Lipinski definition) is 1. The predicted octanol–water partition coefficient (Wildman–Crippen LogP) is 1.69. The molecule has 7 nitrogen and oxygen atoms in total. The molecule has 0 amide bonds. The smallest absolute Gasteiger partial charge is 0.256 e. The van der Waals surface area contributed by atoms with Gasteiger partial charge in [-0.3, -0.25) is 0 Å². The van der Waals surface area contributed by atoms with E-state index < -0.39 is 0 Å². The summed E-state index contributed by atoms with van der Waals surface area (Å²) in [7, 11) is 1.73. The molecule has 0 aromatic carbocycles. The van der Waals surface area contributed by atoms with Gasteiger partial charge in [0, 0.05) is 26.0 Å². The van der Waals surface area contributed by atoms with Crippen molar-refractivity contribution < 1.29 is 4.74 Å². The molecule has 0 unspecified atom stereocenters. The summed E-state index contributed by atoms with van der Waals surface area (Å²) in [5.74, 6) is 0.816. The number of rotatable bonds is 5. The van der Waals surface area contributed by atoms with Crippen molar-refractivity contribution in [3.05, 3.63) is 23.7 Å². The van der Waals surface area contributed by atoms with Crippen molar-refractivity contribution in [1.29, 1.82) is 0 Å². The molecule has 0 radical (unpaired) electrons. The summed E-state index contributed by atoms with van der Waals surface area (Å²) in [4.78, 5) is 12.4. The molecule has 106 valence electrons.